The molecule has 68 valence electrons. The van der Waals surface area contributed by atoms with Crippen molar-refractivity contribution in [1.29, 1.82) is 5.26 Å². The predicted molar refractivity (Wildman–Crippen MR) is 46.5 cm³/mol. The zero-order chi connectivity index (χ0) is 9.84. The van der Waals surface area contributed by atoms with Gasteiger partial charge in [0.15, 0.2) is 0 Å². The molecule has 13 heavy (non-hydrogen) atoms. The molecule has 0 bridgehead atoms. The summed E-state index contributed by atoms with van der Waals surface area (Å²) in [5.41, 5.74) is 0.378. The smallest absolute Gasteiger partial charge is 0.254 e. The molecular formula is C8H5BrF2N2. The van der Waals surface area contributed by atoms with Gasteiger partial charge in [0.1, 0.15) is 11.8 Å². The van der Waals surface area contributed by atoms with E-state index in [1.807, 2.05) is 6.07 Å². The van der Waals surface area contributed by atoms with Gasteiger partial charge in [0.25, 0.3) is 6.43 Å². The zero-order valence-electron chi connectivity index (χ0n) is 6.47. The highest BCUT2D eigenvalue weighted by molar-refractivity contribution is 9.08. The van der Waals surface area contributed by atoms with Gasteiger partial charge in [-0.05, 0) is 11.6 Å². The molecule has 0 saturated heterocycles. The number of hydrogen-bond donors (Lipinski definition) is 0. The first kappa shape index (κ1) is 10.1. The molecule has 1 heterocycles. The van der Waals surface area contributed by atoms with Gasteiger partial charge < -0.3 is 0 Å². The van der Waals surface area contributed by atoms with Crippen LogP contribution in [0.3, 0.4) is 0 Å². The summed E-state index contributed by atoms with van der Waals surface area (Å²) >= 11 is 3.06. The summed E-state index contributed by atoms with van der Waals surface area (Å²) in [4.78, 5) is 3.52. The van der Waals surface area contributed by atoms with Crippen molar-refractivity contribution in [1.82, 2.24) is 4.98 Å². The van der Waals surface area contributed by atoms with Crippen LogP contribution in [0.25, 0.3) is 0 Å². The molecule has 0 amide bonds. The number of rotatable bonds is 2. The molecule has 1 aromatic heterocycles. The molecule has 0 N–H and O–H groups in total. The highest BCUT2D eigenvalue weighted by Gasteiger charge is 2.14. The van der Waals surface area contributed by atoms with Crippen LogP contribution in [0.5, 0.6) is 0 Å². The molecule has 0 saturated carbocycles. The van der Waals surface area contributed by atoms with E-state index in [1.54, 1.807) is 0 Å². The van der Waals surface area contributed by atoms with Crippen molar-refractivity contribution in [3.05, 3.63) is 29.1 Å². The molecule has 1 aromatic rings. The molecule has 0 spiro atoms. The van der Waals surface area contributed by atoms with Crippen LogP contribution in [0.2, 0.25) is 0 Å². The Balaban J connectivity index is 3.17. The first-order valence-electron chi connectivity index (χ1n) is 3.42. The van der Waals surface area contributed by atoms with Crippen LogP contribution >= 0.6 is 15.9 Å². The van der Waals surface area contributed by atoms with Gasteiger partial charge in [-0.15, -0.1) is 0 Å². The lowest BCUT2D eigenvalue weighted by Crippen LogP contribution is -1.97. The number of nitrogens with zero attached hydrogens (tertiary/aromatic N) is 2. The van der Waals surface area contributed by atoms with Crippen LogP contribution in [-0.4, -0.2) is 4.98 Å². The van der Waals surface area contributed by atoms with Crippen LogP contribution in [0.4, 0.5) is 8.78 Å². The summed E-state index contributed by atoms with van der Waals surface area (Å²) < 4.78 is 24.6. The molecule has 0 unspecified atom stereocenters. The topological polar surface area (TPSA) is 36.7 Å². The monoisotopic (exact) mass is 246 g/mol. The van der Waals surface area contributed by atoms with Crippen molar-refractivity contribution in [2.45, 2.75) is 11.8 Å². The van der Waals surface area contributed by atoms with E-state index in [4.69, 9.17) is 5.26 Å². The average Bonchev–Trinajstić information content (AvgIpc) is 2.16. The van der Waals surface area contributed by atoms with Gasteiger partial charge in [-0.1, -0.05) is 15.9 Å². The normalized spacial score (nSPS) is 10.1. The van der Waals surface area contributed by atoms with Gasteiger partial charge in [-0.2, -0.15) is 5.26 Å². The minimum atomic E-state index is -2.60. The fraction of sp³-hybridized carbons (Fsp3) is 0.250. The lowest BCUT2D eigenvalue weighted by Gasteiger charge is -2.04. The fourth-order valence-electron chi connectivity index (χ4n) is 0.886. The maximum atomic E-state index is 12.3. The molecule has 5 heteroatoms. The Hall–Kier alpha value is -1.02. The third kappa shape index (κ3) is 2.22. The van der Waals surface area contributed by atoms with Crippen LogP contribution in [0.1, 0.15) is 23.2 Å². The van der Waals surface area contributed by atoms with Crippen molar-refractivity contribution in [3.63, 3.8) is 0 Å². The van der Waals surface area contributed by atoms with Crippen LogP contribution in [0, 0.1) is 11.3 Å². The number of nitriles is 1. The second kappa shape index (κ2) is 4.28. The molecule has 0 aliphatic heterocycles. The van der Waals surface area contributed by atoms with Gasteiger partial charge >= 0.3 is 0 Å². The highest BCUT2D eigenvalue weighted by atomic mass is 79.9. The number of hydrogen-bond acceptors (Lipinski definition) is 2. The summed E-state index contributed by atoms with van der Waals surface area (Å²) in [5.74, 6) is 0. The van der Waals surface area contributed by atoms with Gasteiger partial charge in [-0.3, -0.25) is 4.98 Å². The van der Waals surface area contributed by atoms with E-state index in [-0.39, 0.29) is 11.0 Å². The number of pyridine rings is 1. The van der Waals surface area contributed by atoms with Crippen LogP contribution in [0.15, 0.2) is 12.3 Å². The Morgan fingerprint density at radius 2 is 2.31 bits per heavy atom. The quantitative estimate of drug-likeness (QED) is 0.753. The highest BCUT2D eigenvalue weighted by Crippen LogP contribution is 2.22. The number of halogens is 3. The summed E-state index contributed by atoms with van der Waals surface area (Å²) in [5, 5.41) is 8.77. The Labute approximate surface area is 82.3 Å². The van der Waals surface area contributed by atoms with E-state index in [2.05, 4.69) is 20.9 Å². The standard InChI is InChI=1S/C8H5BrF2N2/c9-2-6-1-5(3-12)4-13-7(6)8(10)11/h1,4,8H,2H2. The first-order chi connectivity index (χ1) is 6.19. The zero-order valence-corrected chi connectivity index (χ0v) is 8.05. The second-order valence-corrected chi connectivity index (χ2v) is 2.88. The lowest BCUT2D eigenvalue weighted by molar-refractivity contribution is 0.145. The Morgan fingerprint density at radius 3 is 2.77 bits per heavy atom. The Morgan fingerprint density at radius 1 is 1.62 bits per heavy atom. The van der Waals surface area contributed by atoms with Crippen molar-refractivity contribution >= 4 is 15.9 Å². The van der Waals surface area contributed by atoms with Crippen molar-refractivity contribution < 1.29 is 8.78 Å². The second-order valence-electron chi connectivity index (χ2n) is 2.31. The van der Waals surface area contributed by atoms with Gasteiger partial charge in [0.2, 0.25) is 0 Å². The fourth-order valence-corrected chi connectivity index (χ4v) is 1.33. The van der Waals surface area contributed by atoms with Crippen LogP contribution in [-0.2, 0) is 5.33 Å². The molecule has 0 aliphatic carbocycles. The molecule has 0 aliphatic rings. The SMILES string of the molecule is N#Cc1cnc(C(F)F)c(CBr)c1. The van der Waals surface area contributed by atoms with E-state index in [9.17, 15) is 8.78 Å². The average molecular weight is 247 g/mol. The minimum absolute atomic E-state index is 0.268. The van der Waals surface area contributed by atoms with Crippen molar-refractivity contribution in [2.75, 3.05) is 0 Å². The molecule has 0 radical (unpaired) electrons. The lowest BCUT2D eigenvalue weighted by atomic mass is 10.2. The van der Waals surface area contributed by atoms with E-state index in [0.717, 1.165) is 6.20 Å². The van der Waals surface area contributed by atoms with Crippen LogP contribution < -0.4 is 0 Å². The predicted octanol–water partition coefficient (Wildman–Crippen LogP) is 2.79. The largest absolute Gasteiger partial charge is 0.280 e. The van der Waals surface area contributed by atoms with Gasteiger partial charge in [-0.25, -0.2) is 8.78 Å². The summed E-state index contributed by atoms with van der Waals surface area (Å²) in [6, 6.07) is 3.25. The molecule has 0 fully saturated rings. The third-order valence-electron chi connectivity index (χ3n) is 1.48. The minimum Gasteiger partial charge on any atom is -0.254 e. The van der Waals surface area contributed by atoms with Gasteiger partial charge in [0.05, 0.1) is 5.56 Å². The van der Waals surface area contributed by atoms with Gasteiger partial charge in [0, 0.05) is 11.5 Å². The molecular weight excluding hydrogens is 242 g/mol. The first-order valence-corrected chi connectivity index (χ1v) is 4.54. The third-order valence-corrected chi connectivity index (χ3v) is 2.09. The van der Waals surface area contributed by atoms with E-state index >= 15 is 0 Å². The van der Waals surface area contributed by atoms with Crippen molar-refractivity contribution in [2.24, 2.45) is 0 Å². The molecule has 2 nitrogen and oxygen atoms in total. The summed E-state index contributed by atoms with van der Waals surface area (Å²) in [6.45, 7) is 0. The summed E-state index contributed by atoms with van der Waals surface area (Å²) in [6.07, 6.45) is -1.45. The van der Waals surface area contributed by atoms with E-state index in [0.29, 0.717) is 11.1 Å². The molecule has 0 aromatic carbocycles. The maximum Gasteiger partial charge on any atom is 0.280 e. The maximum absolute atomic E-state index is 12.3. The number of alkyl halides is 3. The number of aromatic nitrogens is 1. The Bertz CT molecular complexity index is 346. The Kier molecular flexibility index (Phi) is 3.32. The van der Waals surface area contributed by atoms with Crippen molar-refractivity contribution in [3.8, 4) is 6.07 Å². The van der Waals surface area contributed by atoms with E-state index in [1.165, 1.54) is 6.07 Å². The molecule has 0 atom stereocenters. The summed E-state index contributed by atoms with van der Waals surface area (Å²) in [7, 11) is 0. The van der Waals surface area contributed by atoms with E-state index < -0.39 is 6.43 Å². The molecule has 1 rings (SSSR count).